The molecule has 0 fully saturated rings. The number of hydrogen-bond acceptors (Lipinski definition) is 7. The third-order valence-corrected chi connectivity index (χ3v) is 6.79. The number of benzene rings is 1. The van der Waals surface area contributed by atoms with Crippen LogP contribution in [0.5, 0.6) is 0 Å². The molecule has 4 aromatic rings. The number of fused-ring (bicyclic) bond motifs is 1. The summed E-state index contributed by atoms with van der Waals surface area (Å²) in [4.78, 5) is 22.3. The minimum atomic E-state index is -0.200. The molecule has 10 heteroatoms. The summed E-state index contributed by atoms with van der Waals surface area (Å²) in [5.41, 5.74) is 5.72. The van der Waals surface area contributed by atoms with E-state index in [1.807, 2.05) is 20.0 Å². The van der Waals surface area contributed by atoms with Crippen molar-refractivity contribution in [3.8, 4) is 11.3 Å². The molecule has 0 saturated carbocycles. The summed E-state index contributed by atoms with van der Waals surface area (Å²) in [6.07, 6.45) is 7.48. The van der Waals surface area contributed by atoms with Gasteiger partial charge in [0.25, 0.3) is 5.91 Å². The van der Waals surface area contributed by atoms with Gasteiger partial charge in [0.15, 0.2) is 0 Å². The lowest BCUT2D eigenvalue weighted by molar-refractivity contribution is 0.0920. The molecule has 1 aliphatic rings. The fourth-order valence-electron chi connectivity index (χ4n) is 4.88. The Balaban J connectivity index is 1.38. The number of amides is 1. The van der Waals surface area contributed by atoms with Gasteiger partial charge in [-0.25, -0.2) is 9.97 Å². The molecule has 1 aliphatic carbocycles. The van der Waals surface area contributed by atoms with Crippen LogP contribution in [0.2, 0.25) is 0 Å². The molecule has 0 bridgehead atoms. The molecule has 0 aliphatic heterocycles. The number of hydrogen-bond donors (Lipinski definition) is 3. The summed E-state index contributed by atoms with van der Waals surface area (Å²) in [5, 5.41) is 21.9. The molecule has 1 amide bonds. The van der Waals surface area contributed by atoms with Gasteiger partial charge >= 0.3 is 0 Å². The Labute approximate surface area is 216 Å². The van der Waals surface area contributed by atoms with Crippen molar-refractivity contribution in [3.05, 3.63) is 65.1 Å². The van der Waals surface area contributed by atoms with Gasteiger partial charge in [0.2, 0.25) is 11.8 Å². The summed E-state index contributed by atoms with van der Waals surface area (Å²) in [6, 6.07) is 8.20. The van der Waals surface area contributed by atoms with Crippen molar-refractivity contribution in [3.63, 3.8) is 0 Å². The lowest BCUT2D eigenvalue weighted by atomic mass is 9.95. The Morgan fingerprint density at radius 2 is 2.00 bits per heavy atom. The molecule has 1 atom stereocenters. The molecule has 37 heavy (non-hydrogen) atoms. The molecule has 3 N–H and O–H groups in total. The number of H-pyrrole nitrogens is 1. The zero-order chi connectivity index (χ0) is 26.2. The first-order valence-corrected chi connectivity index (χ1v) is 12.6. The van der Waals surface area contributed by atoms with E-state index in [1.54, 1.807) is 17.0 Å². The minimum Gasteiger partial charge on any atom is -0.343 e. The molecule has 0 unspecified atom stereocenters. The second-order valence-corrected chi connectivity index (χ2v) is 10.6. The number of carbonyl (C=O) groups excluding carboxylic acids is 1. The van der Waals surface area contributed by atoms with E-state index in [9.17, 15) is 4.79 Å². The van der Waals surface area contributed by atoms with E-state index in [0.717, 1.165) is 59.7 Å². The van der Waals surface area contributed by atoms with E-state index in [1.165, 1.54) is 5.56 Å². The average Bonchev–Trinajstić information content (AvgIpc) is 3.39. The smallest absolute Gasteiger partial charge is 0.289 e. The monoisotopic (exact) mass is 499 g/mol. The summed E-state index contributed by atoms with van der Waals surface area (Å²) in [7, 11) is 1.85. The highest BCUT2D eigenvalue weighted by molar-refractivity contribution is 5.91. The first-order chi connectivity index (χ1) is 17.7. The lowest BCUT2D eigenvalue weighted by Gasteiger charge is -2.20. The number of nitrogens with one attached hydrogen (secondary N) is 3. The quantitative estimate of drug-likeness (QED) is 0.344. The highest BCUT2D eigenvalue weighted by atomic mass is 16.2. The molecule has 3 aromatic heterocycles. The van der Waals surface area contributed by atoms with Crippen LogP contribution in [-0.4, -0.2) is 40.8 Å². The molecule has 3 heterocycles. The largest absolute Gasteiger partial charge is 0.343 e. The number of aromatic amines is 1. The standard InChI is InChI=1S/C27H33N9O/c1-16-22(15-29-33-16)32-26-28-13-12-20(31-26)18-10-11-19-17(14-18)8-6-7-9-21(19)30-24(37)23-34-35-25(36(23)5)27(2,3)4/h10-15,21H,6-9H2,1-5H3,(H,29,33)(H,30,37)(H,28,31,32)/t21-/m0/s1. The summed E-state index contributed by atoms with van der Waals surface area (Å²) in [5.74, 6) is 1.43. The highest BCUT2D eigenvalue weighted by Crippen LogP contribution is 2.32. The van der Waals surface area contributed by atoms with Gasteiger partial charge < -0.3 is 15.2 Å². The third kappa shape index (κ3) is 5.09. The molecular formula is C27H33N9O. The van der Waals surface area contributed by atoms with E-state index in [0.29, 0.717) is 11.8 Å². The fraction of sp³-hybridized carbons (Fsp3) is 0.407. The van der Waals surface area contributed by atoms with E-state index < -0.39 is 0 Å². The van der Waals surface area contributed by atoms with Gasteiger partial charge in [-0.3, -0.25) is 9.89 Å². The second kappa shape index (κ2) is 9.76. The van der Waals surface area contributed by atoms with E-state index >= 15 is 0 Å². The van der Waals surface area contributed by atoms with Gasteiger partial charge in [0, 0.05) is 30.4 Å². The Morgan fingerprint density at radius 3 is 2.73 bits per heavy atom. The summed E-state index contributed by atoms with van der Waals surface area (Å²) < 4.78 is 1.79. The molecule has 0 spiro atoms. The van der Waals surface area contributed by atoms with Crippen molar-refractivity contribution in [2.24, 2.45) is 7.05 Å². The Hall–Kier alpha value is -4.08. The van der Waals surface area contributed by atoms with Crippen LogP contribution in [-0.2, 0) is 18.9 Å². The Kier molecular flexibility index (Phi) is 6.49. The van der Waals surface area contributed by atoms with E-state index in [-0.39, 0.29) is 17.4 Å². The average molecular weight is 500 g/mol. The normalized spacial score (nSPS) is 15.6. The van der Waals surface area contributed by atoms with Gasteiger partial charge in [-0.05, 0) is 49.4 Å². The topological polar surface area (TPSA) is 126 Å². The van der Waals surface area contributed by atoms with Crippen molar-refractivity contribution in [2.75, 3.05) is 5.32 Å². The first-order valence-electron chi connectivity index (χ1n) is 12.6. The molecule has 5 rings (SSSR count). The lowest BCUT2D eigenvalue weighted by Crippen LogP contribution is -2.31. The van der Waals surface area contributed by atoms with Crippen molar-refractivity contribution >= 4 is 17.5 Å². The zero-order valence-electron chi connectivity index (χ0n) is 22.0. The van der Waals surface area contributed by atoms with Gasteiger partial charge in [0.1, 0.15) is 5.82 Å². The molecular weight excluding hydrogens is 466 g/mol. The van der Waals surface area contributed by atoms with Crippen LogP contribution < -0.4 is 10.6 Å². The number of anilines is 2. The van der Waals surface area contributed by atoms with E-state index in [2.05, 4.69) is 75.0 Å². The summed E-state index contributed by atoms with van der Waals surface area (Å²) >= 11 is 0. The zero-order valence-corrected chi connectivity index (χ0v) is 22.0. The van der Waals surface area contributed by atoms with Crippen LogP contribution >= 0.6 is 0 Å². The third-order valence-electron chi connectivity index (χ3n) is 6.79. The molecule has 0 saturated heterocycles. The molecule has 0 radical (unpaired) electrons. The van der Waals surface area contributed by atoms with Gasteiger partial charge in [-0.1, -0.05) is 39.3 Å². The van der Waals surface area contributed by atoms with Crippen molar-refractivity contribution in [1.82, 2.24) is 40.2 Å². The fourth-order valence-corrected chi connectivity index (χ4v) is 4.88. The van der Waals surface area contributed by atoms with Crippen LogP contribution in [0.3, 0.4) is 0 Å². The van der Waals surface area contributed by atoms with E-state index in [4.69, 9.17) is 4.98 Å². The second-order valence-electron chi connectivity index (χ2n) is 10.6. The van der Waals surface area contributed by atoms with Crippen molar-refractivity contribution in [1.29, 1.82) is 0 Å². The maximum Gasteiger partial charge on any atom is 0.289 e. The predicted molar refractivity (Wildman–Crippen MR) is 142 cm³/mol. The Bertz CT molecular complexity index is 1430. The van der Waals surface area contributed by atoms with Crippen LogP contribution in [0.1, 0.15) is 79.3 Å². The molecule has 1 aromatic carbocycles. The Morgan fingerprint density at radius 1 is 1.16 bits per heavy atom. The summed E-state index contributed by atoms with van der Waals surface area (Å²) in [6.45, 7) is 8.10. The van der Waals surface area contributed by atoms with Gasteiger partial charge in [-0.2, -0.15) is 5.10 Å². The molecule has 192 valence electrons. The van der Waals surface area contributed by atoms with Gasteiger partial charge in [-0.15, -0.1) is 10.2 Å². The van der Waals surface area contributed by atoms with Crippen LogP contribution in [0, 0.1) is 6.92 Å². The number of aryl methyl sites for hydroxylation is 2. The predicted octanol–water partition coefficient (Wildman–Crippen LogP) is 4.54. The first kappa shape index (κ1) is 24.6. The number of nitrogens with zero attached hydrogens (tertiary/aromatic N) is 6. The van der Waals surface area contributed by atoms with Crippen LogP contribution in [0.4, 0.5) is 11.6 Å². The highest BCUT2D eigenvalue weighted by Gasteiger charge is 2.27. The maximum absolute atomic E-state index is 13.2. The van der Waals surface area contributed by atoms with Gasteiger partial charge in [0.05, 0.1) is 23.1 Å². The number of carbonyl (C=O) groups is 1. The van der Waals surface area contributed by atoms with Crippen molar-refractivity contribution < 1.29 is 4.79 Å². The SMILES string of the molecule is Cc1n[nH]cc1Nc1nccc(-c2ccc3c(c2)CCCC[C@@H]3NC(=O)c2nnc(C(C)(C)C)n2C)n1. The minimum absolute atomic E-state index is 0.0828. The number of rotatable bonds is 5. The molecule has 10 nitrogen and oxygen atoms in total. The number of aromatic nitrogens is 7. The van der Waals surface area contributed by atoms with Crippen molar-refractivity contribution in [2.45, 2.75) is 64.8 Å². The van der Waals surface area contributed by atoms with Crippen LogP contribution in [0.25, 0.3) is 11.3 Å². The maximum atomic E-state index is 13.2. The van der Waals surface area contributed by atoms with Crippen LogP contribution in [0.15, 0.2) is 36.7 Å².